The topological polar surface area (TPSA) is 75.9 Å². The third-order valence-corrected chi connectivity index (χ3v) is 3.60. The van der Waals surface area contributed by atoms with Gasteiger partial charge in [0.15, 0.2) is 0 Å². The zero-order valence-electron chi connectivity index (χ0n) is 13.7. The van der Waals surface area contributed by atoms with Gasteiger partial charge in [0, 0.05) is 19.6 Å². The summed E-state index contributed by atoms with van der Waals surface area (Å²) in [7, 11) is 0. The Labute approximate surface area is 127 Å². The van der Waals surface area contributed by atoms with Gasteiger partial charge in [-0.2, -0.15) is 0 Å². The van der Waals surface area contributed by atoms with Gasteiger partial charge >= 0.3 is 6.09 Å². The van der Waals surface area contributed by atoms with E-state index in [1.165, 1.54) is 0 Å². The third kappa shape index (κ3) is 5.53. The van der Waals surface area contributed by atoms with Crippen molar-refractivity contribution in [2.45, 2.75) is 58.6 Å². The zero-order valence-corrected chi connectivity index (χ0v) is 13.7. The Morgan fingerprint density at radius 1 is 1.33 bits per heavy atom. The van der Waals surface area contributed by atoms with Crippen LogP contribution in [0.1, 0.15) is 47.0 Å². The molecule has 122 valence electrons. The summed E-state index contributed by atoms with van der Waals surface area (Å²) in [5.41, 5.74) is 4.93. The summed E-state index contributed by atoms with van der Waals surface area (Å²) < 4.78 is 5.47. The SMILES string of the molecule is CCN(CC1CCCCN1C(=O)OC(C)(C)C)C(=O)CN. The van der Waals surface area contributed by atoms with Gasteiger partial charge in [-0.25, -0.2) is 4.79 Å². The van der Waals surface area contributed by atoms with Gasteiger partial charge in [0.2, 0.25) is 5.91 Å². The Morgan fingerprint density at radius 3 is 2.52 bits per heavy atom. The molecule has 1 rings (SSSR count). The molecule has 6 nitrogen and oxygen atoms in total. The maximum Gasteiger partial charge on any atom is 0.410 e. The number of ether oxygens (including phenoxy) is 1. The van der Waals surface area contributed by atoms with Crippen LogP contribution in [0.25, 0.3) is 0 Å². The van der Waals surface area contributed by atoms with Crippen molar-refractivity contribution in [3.05, 3.63) is 0 Å². The van der Waals surface area contributed by atoms with Gasteiger partial charge in [0.1, 0.15) is 5.60 Å². The quantitative estimate of drug-likeness (QED) is 0.855. The molecule has 1 saturated heterocycles. The Hall–Kier alpha value is -1.30. The van der Waals surface area contributed by atoms with Gasteiger partial charge < -0.3 is 20.3 Å². The maximum atomic E-state index is 12.3. The minimum Gasteiger partial charge on any atom is -0.444 e. The van der Waals surface area contributed by atoms with Crippen molar-refractivity contribution in [1.82, 2.24) is 9.80 Å². The van der Waals surface area contributed by atoms with Crippen molar-refractivity contribution in [3.8, 4) is 0 Å². The van der Waals surface area contributed by atoms with Crippen LogP contribution in [0.2, 0.25) is 0 Å². The predicted octanol–water partition coefficient (Wildman–Crippen LogP) is 1.58. The summed E-state index contributed by atoms with van der Waals surface area (Å²) in [6, 6.07) is 0.0176. The van der Waals surface area contributed by atoms with Gasteiger partial charge in [0.25, 0.3) is 0 Å². The van der Waals surface area contributed by atoms with Gasteiger partial charge in [0.05, 0.1) is 12.6 Å². The Morgan fingerprint density at radius 2 is 2.00 bits per heavy atom. The first-order chi connectivity index (χ1) is 9.78. The fourth-order valence-corrected chi connectivity index (χ4v) is 2.54. The first-order valence-corrected chi connectivity index (χ1v) is 7.76. The molecule has 2 amide bonds. The van der Waals surface area contributed by atoms with Crippen molar-refractivity contribution >= 4 is 12.0 Å². The Bertz CT molecular complexity index is 366. The molecule has 2 N–H and O–H groups in total. The van der Waals surface area contributed by atoms with E-state index in [1.54, 1.807) is 9.80 Å². The lowest BCUT2D eigenvalue weighted by Gasteiger charge is -2.39. The summed E-state index contributed by atoms with van der Waals surface area (Å²) in [5.74, 6) is -0.0767. The molecule has 0 radical (unpaired) electrons. The monoisotopic (exact) mass is 299 g/mol. The molecule has 1 heterocycles. The third-order valence-electron chi connectivity index (χ3n) is 3.60. The number of nitrogens with zero attached hydrogens (tertiary/aromatic N) is 2. The highest BCUT2D eigenvalue weighted by molar-refractivity contribution is 5.78. The summed E-state index contributed by atoms with van der Waals surface area (Å²) in [5, 5.41) is 0. The van der Waals surface area contributed by atoms with Gasteiger partial charge in [-0.05, 0) is 47.0 Å². The first-order valence-electron chi connectivity index (χ1n) is 7.76. The number of carbonyl (C=O) groups is 2. The van der Waals surface area contributed by atoms with E-state index >= 15 is 0 Å². The fraction of sp³-hybridized carbons (Fsp3) is 0.867. The summed E-state index contributed by atoms with van der Waals surface area (Å²) in [6.45, 7) is 9.34. The van der Waals surface area contributed by atoms with E-state index in [0.717, 1.165) is 19.3 Å². The number of likely N-dealkylation sites (tertiary alicyclic amines) is 1. The number of amides is 2. The molecule has 21 heavy (non-hydrogen) atoms. The van der Waals surface area contributed by atoms with Crippen LogP contribution in [0.15, 0.2) is 0 Å². The summed E-state index contributed by atoms with van der Waals surface area (Å²) in [6.07, 6.45) is 2.65. The van der Waals surface area contributed by atoms with Crippen LogP contribution in [0.3, 0.4) is 0 Å². The lowest BCUT2D eigenvalue weighted by atomic mass is 10.0. The van der Waals surface area contributed by atoms with E-state index in [9.17, 15) is 9.59 Å². The highest BCUT2D eigenvalue weighted by Crippen LogP contribution is 2.21. The van der Waals surface area contributed by atoms with E-state index in [0.29, 0.717) is 19.6 Å². The molecule has 1 unspecified atom stereocenters. The number of carbonyl (C=O) groups excluding carboxylic acids is 2. The van der Waals surface area contributed by atoms with Crippen LogP contribution in [-0.2, 0) is 9.53 Å². The molecule has 1 fully saturated rings. The molecular weight excluding hydrogens is 270 g/mol. The van der Waals surface area contributed by atoms with Crippen molar-refractivity contribution in [2.24, 2.45) is 5.73 Å². The standard InChI is InChI=1S/C15H29N3O3/c1-5-17(13(19)10-16)11-12-8-6-7-9-18(12)14(20)21-15(2,3)4/h12H,5-11,16H2,1-4H3. The predicted molar refractivity (Wildman–Crippen MR) is 81.9 cm³/mol. The van der Waals surface area contributed by atoms with Crippen LogP contribution in [0.4, 0.5) is 4.79 Å². The molecule has 1 aliphatic heterocycles. The van der Waals surface area contributed by atoms with E-state index < -0.39 is 5.60 Å². The van der Waals surface area contributed by atoms with Crippen LogP contribution in [0, 0.1) is 0 Å². The largest absolute Gasteiger partial charge is 0.444 e. The van der Waals surface area contributed by atoms with Crippen LogP contribution in [-0.4, -0.2) is 59.6 Å². The molecule has 0 aromatic carbocycles. The zero-order chi connectivity index (χ0) is 16.0. The lowest BCUT2D eigenvalue weighted by Crippen LogP contribution is -2.52. The molecule has 0 spiro atoms. The maximum absolute atomic E-state index is 12.3. The van der Waals surface area contributed by atoms with Crippen LogP contribution >= 0.6 is 0 Å². The molecule has 6 heteroatoms. The lowest BCUT2D eigenvalue weighted by molar-refractivity contribution is -0.130. The second-order valence-electron chi connectivity index (χ2n) is 6.46. The molecule has 1 aliphatic rings. The van der Waals surface area contributed by atoms with E-state index in [-0.39, 0.29) is 24.6 Å². The molecule has 0 aromatic heterocycles. The second-order valence-corrected chi connectivity index (χ2v) is 6.46. The Balaban J connectivity index is 2.72. The van der Waals surface area contributed by atoms with E-state index in [1.807, 2.05) is 27.7 Å². The average Bonchev–Trinajstić information content (AvgIpc) is 2.42. The van der Waals surface area contributed by atoms with Crippen molar-refractivity contribution in [3.63, 3.8) is 0 Å². The molecular formula is C15H29N3O3. The van der Waals surface area contributed by atoms with E-state index in [4.69, 9.17) is 10.5 Å². The number of hydrogen-bond acceptors (Lipinski definition) is 4. The first kappa shape index (κ1) is 17.8. The summed E-state index contributed by atoms with van der Waals surface area (Å²) >= 11 is 0. The molecule has 0 bridgehead atoms. The fourth-order valence-electron chi connectivity index (χ4n) is 2.54. The van der Waals surface area contributed by atoms with Gasteiger partial charge in [-0.15, -0.1) is 0 Å². The number of rotatable bonds is 4. The normalized spacial score (nSPS) is 19.3. The van der Waals surface area contributed by atoms with Crippen molar-refractivity contribution in [1.29, 1.82) is 0 Å². The summed E-state index contributed by atoms with van der Waals surface area (Å²) in [4.78, 5) is 27.6. The average molecular weight is 299 g/mol. The van der Waals surface area contributed by atoms with Crippen molar-refractivity contribution < 1.29 is 14.3 Å². The molecule has 0 saturated carbocycles. The minimum atomic E-state index is -0.503. The molecule has 0 aromatic rings. The second kappa shape index (κ2) is 7.64. The highest BCUT2D eigenvalue weighted by Gasteiger charge is 2.32. The number of piperidine rings is 1. The Kier molecular flexibility index (Phi) is 6.45. The van der Waals surface area contributed by atoms with Crippen LogP contribution in [0.5, 0.6) is 0 Å². The number of likely N-dealkylation sites (N-methyl/N-ethyl adjacent to an activating group) is 1. The van der Waals surface area contributed by atoms with Crippen molar-refractivity contribution in [2.75, 3.05) is 26.2 Å². The smallest absolute Gasteiger partial charge is 0.410 e. The van der Waals surface area contributed by atoms with Gasteiger partial charge in [-0.3, -0.25) is 4.79 Å². The minimum absolute atomic E-state index is 0.00694. The molecule has 0 aliphatic carbocycles. The molecule has 1 atom stereocenters. The van der Waals surface area contributed by atoms with E-state index in [2.05, 4.69) is 0 Å². The van der Waals surface area contributed by atoms with Gasteiger partial charge in [-0.1, -0.05) is 0 Å². The number of nitrogens with two attached hydrogens (primary N) is 1. The number of hydrogen-bond donors (Lipinski definition) is 1. The highest BCUT2D eigenvalue weighted by atomic mass is 16.6. The van der Waals surface area contributed by atoms with Crippen LogP contribution < -0.4 is 5.73 Å².